The van der Waals surface area contributed by atoms with Crippen LogP contribution >= 0.6 is 0 Å². The standard InChI is InChI=1S/C10H22OSi/c1-12(2,3)10(11)9-7-5-4-6-8-9/h9-11H,4-8H2,1-3H3. The van der Waals surface area contributed by atoms with E-state index < -0.39 is 8.07 Å². The van der Waals surface area contributed by atoms with Crippen LogP contribution in [0.15, 0.2) is 0 Å². The summed E-state index contributed by atoms with van der Waals surface area (Å²) in [5.41, 5.74) is 0.0396. The number of hydrogen-bond acceptors (Lipinski definition) is 1. The molecule has 0 aromatic heterocycles. The Labute approximate surface area is 77.2 Å². The van der Waals surface area contributed by atoms with E-state index >= 15 is 0 Å². The third-order valence-electron chi connectivity index (χ3n) is 2.98. The topological polar surface area (TPSA) is 20.2 Å². The fraction of sp³-hybridized carbons (Fsp3) is 1.00. The molecule has 0 spiro atoms. The molecule has 1 atom stereocenters. The fourth-order valence-corrected chi connectivity index (χ4v) is 3.90. The van der Waals surface area contributed by atoms with Gasteiger partial charge in [0.15, 0.2) is 0 Å². The van der Waals surface area contributed by atoms with Crippen LogP contribution in [0.2, 0.25) is 19.6 Å². The Morgan fingerprint density at radius 3 is 2.00 bits per heavy atom. The Kier molecular flexibility index (Phi) is 3.35. The quantitative estimate of drug-likeness (QED) is 0.658. The summed E-state index contributed by atoms with van der Waals surface area (Å²) in [4.78, 5) is 0. The maximum atomic E-state index is 10.1. The smallest absolute Gasteiger partial charge is 0.0785 e. The lowest BCUT2D eigenvalue weighted by Crippen LogP contribution is -2.44. The molecule has 0 saturated heterocycles. The zero-order valence-electron chi connectivity index (χ0n) is 8.64. The molecule has 1 aliphatic rings. The SMILES string of the molecule is C[Si](C)(C)C(O)C1CCCCC1. The average Bonchev–Trinajstić information content (AvgIpc) is 2.03. The Morgan fingerprint density at radius 2 is 1.58 bits per heavy atom. The van der Waals surface area contributed by atoms with Gasteiger partial charge in [0.1, 0.15) is 0 Å². The van der Waals surface area contributed by atoms with Crippen molar-refractivity contribution in [2.45, 2.75) is 57.5 Å². The Morgan fingerprint density at radius 1 is 1.08 bits per heavy atom. The molecule has 12 heavy (non-hydrogen) atoms. The molecule has 0 aliphatic heterocycles. The van der Waals surface area contributed by atoms with E-state index in [1.54, 1.807) is 0 Å². The second kappa shape index (κ2) is 3.92. The number of aliphatic hydroxyl groups is 1. The van der Waals surface area contributed by atoms with Gasteiger partial charge in [-0.05, 0) is 18.8 Å². The van der Waals surface area contributed by atoms with Crippen molar-refractivity contribution < 1.29 is 5.11 Å². The Balaban J connectivity index is 2.45. The third kappa shape index (κ3) is 2.59. The van der Waals surface area contributed by atoms with E-state index in [1.807, 2.05) is 0 Å². The molecule has 1 N–H and O–H groups in total. The minimum absolute atomic E-state index is 0.0396. The highest BCUT2D eigenvalue weighted by Gasteiger charge is 2.32. The summed E-state index contributed by atoms with van der Waals surface area (Å²) in [6.45, 7) is 6.81. The van der Waals surface area contributed by atoms with Gasteiger partial charge >= 0.3 is 0 Å². The van der Waals surface area contributed by atoms with Gasteiger partial charge < -0.3 is 5.11 Å². The maximum Gasteiger partial charge on any atom is 0.0785 e. The van der Waals surface area contributed by atoms with Crippen molar-refractivity contribution in [1.82, 2.24) is 0 Å². The van der Waals surface area contributed by atoms with Gasteiger partial charge in [0, 0.05) is 5.73 Å². The van der Waals surface area contributed by atoms with Crippen molar-refractivity contribution in [2.75, 3.05) is 0 Å². The van der Waals surface area contributed by atoms with Gasteiger partial charge in [0.2, 0.25) is 0 Å². The molecule has 0 radical (unpaired) electrons. The molecule has 2 heteroatoms. The highest BCUT2D eigenvalue weighted by Crippen LogP contribution is 2.30. The highest BCUT2D eigenvalue weighted by atomic mass is 28.3. The Bertz CT molecular complexity index is 133. The minimum atomic E-state index is -1.29. The zero-order chi connectivity index (χ0) is 9.19. The number of hydrogen-bond donors (Lipinski definition) is 1. The van der Waals surface area contributed by atoms with Crippen LogP contribution in [0.1, 0.15) is 32.1 Å². The first-order valence-electron chi connectivity index (χ1n) is 5.20. The molecule has 0 amide bonds. The molecular formula is C10H22OSi. The largest absolute Gasteiger partial charge is 0.396 e. The molecule has 1 unspecified atom stereocenters. The van der Waals surface area contributed by atoms with Gasteiger partial charge in [0.05, 0.1) is 8.07 Å². The van der Waals surface area contributed by atoms with Crippen LogP contribution in [0.4, 0.5) is 0 Å². The van der Waals surface area contributed by atoms with Crippen molar-refractivity contribution in [2.24, 2.45) is 5.92 Å². The van der Waals surface area contributed by atoms with Crippen molar-refractivity contribution in [3.8, 4) is 0 Å². The zero-order valence-corrected chi connectivity index (χ0v) is 9.64. The number of rotatable bonds is 2. The van der Waals surface area contributed by atoms with Crippen LogP contribution in [-0.4, -0.2) is 18.9 Å². The molecular weight excluding hydrogens is 164 g/mol. The average molecular weight is 186 g/mol. The van der Waals surface area contributed by atoms with Crippen LogP contribution in [-0.2, 0) is 0 Å². The summed E-state index contributed by atoms with van der Waals surface area (Å²) in [5.74, 6) is 0.630. The van der Waals surface area contributed by atoms with Crippen LogP contribution in [0, 0.1) is 5.92 Å². The van der Waals surface area contributed by atoms with Crippen LogP contribution in [0.5, 0.6) is 0 Å². The van der Waals surface area contributed by atoms with Crippen LogP contribution in [0.3, 0.4) is 0 Å². The second-order valence-corrected chi connectivity index (χ2v) is 10.5. The van der Waals surface area contributed by atoms with E-state index in [2.05, 4.69) is 19.6 Å². The van der Waals surface area contributed by atoms with Crippen molar-refractivity contribution >= 4 is 8.07 Å². The Hall–Kier alpha value is 0.177. The molecule has 0 bridgehead atoms. The fourth-order valence-electron chi connectivity index (χ4n) is 2.16. The maximum absolute atomic E-state index is 10.1. The van der Waals surface area contributed by atoms with Gasteiger partial charge in [-0.15, -0.1) is 0 Å². The molecule has 0 heterocycles. The van der Waals surface area contributed by atoms with Crippen molar-refractivity contribution in [1.29, 1.82) is 0 Å². The van der Waals surface area contributed by atoms with E-state index in [4.69, 9.17) is 0 Å². The van der Waals surface area contributed by atoms with Gasteiger partial charge in [-0.3, -0.25) is 0 Å². The lowest BCUT2D eigenvalue weighted by atomic mass is 9.90. The van der Waals surface area contributed by atoms with E-state index in [-0.39, 0.29) is 5.73 Å². The van der Waals surface area contributed by atoms with Crippen LogP contribution in [0.25, 0.3) is 0 Å². The molecule has 1 saturated carbocycles. The summed E-state index contributed by atoms with van der Waals surface area (Å²) in [5, 5.41) is 10.1. The summed E-state index contributed by atoms with van der Waals surface area (Å²) in [6, 6.07) is 0. The highest BCUT2D eigenvalue weighted by molar-refractivity contribution is 6.77. The van der Waals surface area contributed by atoms with E-state index in [0.29, 0.717) is 5.92 Å². The monoisotopic (exact) mass is 186 g/mol. The predicted molar refractivity (Wildman–Crippen MR) is 55.9 cm³/mol. The van der Waals surface area contributed by atoms with Gasteiger partial charge in [-0.1, -0.05) is 38.9 Å². The predicted octanol–water partition coefficient (Wildman–Crippen LogP) is 2.81. The number of aliphatic hydroxyl groups excluding tert-OH is 1. The molecule has 72 valence electrons. The minimum Gasteiger partial charge on any atom is -0.396 e. The normalized spacial score (nSPS) is 24.0. The van der Waals surface area contributed by atoms with Crippen LogP contribution < -0.4 is 0 Å². The lowest BCUT2D eigenvalue weighted by Gasteiger charge is -2.33. The summed E-state index contributed by atoms with van der Waals surface area (Å²) >= 11 is 0. The molecule has 1 fully saturated rings. The first-order chi connectivity index (χ1) is 5.52. The van der Waals surface area contributed by atoms with Gasteiger partial charge in [-0.25, -0.2) is 0 Å². The van der Waals surface area contributed by atoms with Crippen molar-refractivity contribution in [3.63, 3.8) is 0 Å². The first-order valence-corrected chi connectivity index (χ1v) is 8.77. The van der Waals surface area contributed by atoms with Gasteiger partial charge in [-0.2, -0.15) is 0 Å². The molecule has 1 nitrogen and oxygen atoms in total. The van der Waals surface area contributed by atoms with E-state index in [0.717, 1.165) is 0 Å². The third-order valence-corrected chi connectivity index (χ3v) is 5.23. The second-order valence-electron chi connectivity index (χ2n) is 5.21. The van der Waals surface area contributed by atoms with E-state index in [9.17, 15) is 5.11 Å². The molecule has 0 aromatic carbocycles. The summed E-state index contributed by atoms with van der Waals surface area (Å²) < 4.78 is 0. The summed E-state index contributed by atoms with van der Waals surface area (Å²) in [6.07, 6.45) is 6.60. The van der Waals surface area contributed by atoms with E-state index in [1.165, 1.54) is 32.1 Å². The van der Waals surface area contributed by atoms with Gasteiger partial charge in [0.25, 0.3) is 0 Å². The lowest BCUT2D eigenvalue weighted by molar-refractivity contribution is 0.143. The molecule has 0 aromatic rings. The summed E-state index contributed by atoms with van der Waals surface area (Å²) in [7, 11) is -1.29. The first kappa shape index (κ1) is 10.3. The molecule has 1 rings (SSSR count). The van der Waals surface area contributed by atoms with Crippen molar-refractivity contribution in [3.05, 3.63) is 0 Å². The molecule has 1 aliphatic carbocycles.